The van der Waals surface area contributed by atoms with Crippen molar-refractivity contribution >= 4 is 5.69 Å². The van der Waals surface area contributed by atoms with E-state index in [4.69, 9.17) is 5.73 Å². The molecule has 0 heterocycles. The first kappa shape index (κ1) is 10.1. The van der Waals surface area contributed by atoms with Gasteiger partial charge in [0, 0.05) is 5.69 Å². The van der Waals surface area contributed by atoms with Crippen LogP contribution in [-0.2, 0) is 0 Å². The fourth-order valence-corrected chi connectivity index (χ4v) is 1.51. The molecule has 1 saturated carbocycles. The van der Waals surface area contributed by atoms with Crippen LogP contribution in [0.2, 0.25) is 0 Å². The van der Waals surface area contributed by atoms with Crippen molar-refractivity contribution in [1.29, 1.82) is 0 Å². The van der Waals surface area contributed by atoms with Crippen molar-refractivity contribution in [3.63, 3.8) is 0 Å². The predicted octanol–water partition coefficient (Wildman–Crippen LogP) is 3.61. The van der Waals surface area contributed by atoms with Crippen LogP contribution in [0.3, 0.4) is 0 Å². The highest BCUT2D eigenvalue weighted by Crippen LogP contribution is 2.15. The molecule has 1 nitrogen and oxygen atoms in total. The van der Waals surface area contributed by atoms with Gasteiger partial charge in [0.05, 0.1) is 0 Å². The second-order valence-corrected chi connectivity index (χ2v) is 3.53. The number of anilines is 1. The first-order valence-electron chi connectivity index (χ1n) is 5.20. The van der Waals surface area contributed by atoms with Gasteiger partial charge in [0.1, 0.15) is 0 Å². The molecule has 1 aromatic carbocycles. The Hall–Kier alpha value is -0.980. The van der Waals surface area contributed by atoms with Crippen LogP contribution in [-0.4, -0.2) is 0 Å². The van der Waals surface area contributed by atoms with Gasteiger partial charge in [-0.15, -0.1) is 0 Å². The Morgan fingerprint density at radius 3 is 1.31 bits per heavy atom. The minimum absolute atomic E-state index is 0.822. The van der Waals surface area contributed by atoms with Gasteiger partial charge in [-0.1, -0.05) is 56.7 Å². The molecule has 1 aliphatic carbocycles. The van der Waals surface area contributed by atoms with Crippen LogP contribution in [0, 0.1) is 0 Å². The zero-order valence-electron chi connectivity index (χ0n) is 8.21. The van der Waals surface area contributed by atoms with Gasteiger partial charge in [-0.25, -0.2) is 0 Å². The molecule has 0 atom stereocenters. The van der Waals surface area contributed by atoms with Gasteiger partial charge in [0.15, 0.2) is 0 Å². The predicted molar refractivity (Wildman–Crippen MR) is 58.6 cm³/mol. The number of para-hydroxylation sites is 1. The maximum absolute atomic E-state index is 5.36. The molecule has 1 aliphatic rings. The van der Waals surface area contributed by atoms with Gasteiger partial charge >= 0.3 is 0 Å². The Labute approximate surface area is 81.0 Å². The summed E-state index contributed by atoms with van der Waals surface area (Å²) < 4.78 is 0. The average Bonchev–Trinajstić information content (AvgIpc) is 2.22. The van der Waals surface area contributed by atoms with Gasteiger partial charge in [-0.05, 0) is 12.1 Å². The summed E-state index contributed by atoms with van der Waals surface area (Å²) >= 11 is 0. The normalized spacial score (nSPS) is 15.7. The summed E-state index contributed by atoms with van der Waals surface area (Å²) in [5.74, 6) is 0. The molecule has 13 heavy (non-hydrogen) atoms. The smallest absolute Gasteiger partial charge is 0.0313 e. The molecular formula is C12H19N. The van der Waals surface area contributed by atoms with E-state index in [2.05, 4.69) is 0 Å². The van der Waals surface area contributed by atoms with Crippen molar-refractivity contribution in [3.8, 4) is 0 Å². The fraction of sp³-hybridized carbons (Fsp3) is 0.500. The van der Waals surface area contributed by atoms with Crippen molar-refractivity contribution in [2.24, 2.45) is 0 Å². The summed E-state index contributed by atoms with van der Waals surface area (Å²) in [6.45, 7) is 0. The maximum Gasteiger partial charge on any atom is 0.0313 e. The zero-order chi connectivity index (χ0) is 9.36. The highest BCUT2D eigenvalue weighted by Gasteiger charge is 1.95. The number of nitrogens with two attached hydrogens (primary N) is 1. The van der Waals surface area contributed by atoms with Crippen LogP contribution in [0.15, 0.2) is 30.3 Å². The molecule has 0 bridgehead atoms. The molecule has 0 unspecified atom stereocenters. The average molecular weight is 177 g/mol. The van der Waals surface area contributed by atoms with Gasteiger partial charge in [-0.2, -0.15) is 0 Å². The Balaban J connectivity index is 0.000000132. The highest BCUT2D eigenvalue weighted by molar-refractivity contribution is 5.35. The van der Waals surface area contributed by atoms with E-state index in [1.54, 1.807) is 0 Å². The lowest BCUT2D eigenvalue weighted by Gasteiger charge is -2.05. The molecule has 0 aromatic heterocycles. The molecule has 1 aromatic rings. The van der Waals surface area contributed by atoms with Crippen molar-refractivity contribution in [2.45, 2.75) is 38.5 Å². The van der Waals surface area contributed by atoms with Crippen molar-refractivity contribution in [3.05, 3.63) is 30.3 Å². The highest BCUT2D eigenvalue weighted by atomic mass is 14.5. The first-order valence-corrected chi connectivity index (χ1v) is 5.20. The Bertz CT molecular complexity index is 190. The molecule has 2 rings (SSSR count). The molecule has 1 heteroatoms. The third kappa shape index (κ3) is 5.29. The number of hydrogen-bond acceptors (Lipinski definition) is 1. The van der Waals surface area contributed by atoms with E-state index in [0.29, 0.717) is 0 Å². The second-order valence-electron chi connectivity index (χ2n) is 3.53. The van der Waals surface area contributed by atoms with E-state index in [1.807, 2.05) is 30.3 Å². The van der Waals surface area contributed by atoms with Crippen molar-refractivity contribution in [1.82, 2.24) is 0 Å². The number of hydrogen-bond donors (Lipinski definition) is 1. The SMILES string of the molecule is C1CCCCC1.Nc1ccccc1. The molecular weight excluding hydrogens is 158 g/mol. The lowest BCUT2D eigenvalue weighted by atomic mass is 10.0. The van der Waals surface area contributed by atoms with Crippen LogP contribution in [0.1, 0.15) is 38.5 Å². The van der Waals surface area contributed by atoms with Crippen molar-refractivity contribution < 1.29 is 0 Å². The maximum atomic E-state index is 5.36. The van der Waals surface area contributed by atoms with Gasteiger partial charge in [0.25, 0.3) is 0 Å². The van der Waals surface area contributed by atoms with Crippen LogP contribution in [0.25, 0.3) is 0 Å². The summed E-state index contributed by atoms with van der Waals surface area (Å²) in [6, 6.07) is 9.49. The van der Waals surface area contributed by atoms with Crippen LogP contribution in [0.5, 0.6) is 0 Å². The van der Waals surface area contributed by atoms with E-state index in [9.17, 15) is 0 Å². The minimum atomic E-state index is 0.822. The minimum Gasteiger partial charge on any atom is -0.399 e. The Morgan fingerprint density at radius 1 is 0.692 bits per heavy atom. The van der Waals surface area contributed by atoms with E-state index in [1.165, 1.54) is 38.5 Å². The molecule has 1 fully saturated rings. The van der Waals surface area contributed by atoms with Gasteiger partial charge in [-0.3, -0.25) is 0 Å². The third-order valence-corrected chi connectivity index (χ3v) is 2.30. The van der Waals surface area contributed by atoms with E-state index < -0.39 is 0 Å². The fourth-order valence-electron chi connectivity index (χ4n) is 1.51. The van der Waals surface area contributed by atoms with Crippen LogP contribution in [0.4, 0.5) is 5.69 Å². The molecule has 0 amide bonds. The summed E-state index contributed by atoms with van der Waals surface area (Å²) in [5, 5.41) is 0. The standard InChI is InChI=1S/C6H7N.C6H12/c7-6-4-2-1-3-5-6;1-2-4-6-5-3-1/h1-5H,7H2;1-6H2. The monoisotopic (exact) mass is 177 g/mol. The van der Waals surface area contributed by atoms with Gasteiger partial charge < -0.3 is 5.73 Å². The number of rotatable bonds is 0. The summed E-state index contributed by atoms with van der Waals surface area (Å²) in [5.41, 5.74) is 6.18. The Kier molecular flexibility index (Phi) is 5.07. The zero-order valence-corrected chi connectivity index (χ0v) is 8.21. The van der Waals surface area contributed by atoms with Crippen LogP contribution >= 0.6 is 0 Å². The van der Waals surface area contributed by atoms with Crippen LogP contribution < -0.4 is 5.73 Å². The summed E-state index contributed by atoms with van der Waals surface area (Å²) in [6.07, 6.45) is 9.00. The van der Waals surface area contributed by atoms with Crippen molar-refractivity contribution in [2.75, 3.05) is 5.73 Å². The molecule has 72 valence electrons. The number of nitrogen functional groups attached to an aromatic ring is 1. The topological polar surface area (TPSA) is 26.0 Å². The second kappa shape index (κ2) is 6.53. The molecule has 2 N–H and O–H groups in total. The lowest BCUT2D eigenvalue weighted by Crippen LogP contribution is -1.85. The summed E-state index contributed by atoms with van der Waals surface area (Å²) in [7, 11) is 0. The lowest BCUT2D eigenvalue weighted by molar-refractivity contribution is 0.504. The summed E-state index contributed by atoms with van der Waals surface area (Å²) in [4.78, 5) is 0. The van der Waals surface area contributed by atoms with E-state index >= 15 is 0 Å². The van der Waals surface area contributed by atoms with E-state index in [0.717, 1.165) is 5.69 Å². The molecule has 0 spiro atoms. The first-order chi connectivity index (χ1) is 6.39. The van der Waals surface area contributed by atoms with E-state index in [-0.39, 0.29) is 0 Å². The quantitative estimate of drug-likeness (QED) is 0.602. The molecule has 0 saturated heterocycles. The van der Waals surface area contributed by atoms with Gasteiger partial charge in [0.2, 0.25) is 0 Å². The molecule has 0 radical (unpaired) electrons. The largest absolute Gasteiger partial charge is 0.399 e. The Morgan fingerprint density at radius 2 is 1.08 bits per heavy atom. The molecule has 0 aliphatic heterocycles. The third-order valence-electron chi connectivity index (χ3n) is 2.30. The number of benzene rings is 1.